The summed E-state index contributed by atoms with van der Waals surface area (Å²) < 4.78 is 16.8. The van der Waals surface area contributed by atoms with Crippen molar-refractivity contribution in [1.29, 1.82) is 0 Å². The molecule has 1 unspecified atom stereocenters. The second-order valence-electron chi connectivity index (χ2n) is 18.8. The molecular weight excluding hydrogens is 889 g/mol. The molecule has 0 radical (unpaired) electrons. The minimum absolute atomic E-state index is 0.112. The molecule has 0 aliphatic carbocycles. The average Bonchev–Trinajstić information content (AvgIpc) is 3.38. The zero-order valence-electron chi connectivity index (χ0n) is 46.4. The first-order valence-electron chi connectivity index (χ1n) is 29.2. The third-order valence-corrected chi connectivity index (χ3v) is 11.9. The second kappa shape index (κ2) is 59.1. The Morgan fingerprint density at radius 2 is 0.569 bits per heavy atom. The van der Waals surface area contributed by atoms with E-state index < -0.39 is 12.1 Å². The molecule has 0 saturated heterocycles. The van der Waals surface area contributed by atoms with Gasteiger partial charge in [-0.2, -0.15) is 0 Å². The molecule has 0 heterocycles. The number of carbonyl (C=O) groups excluding carboxylic acids is 3. The molecule has 406 valence electrons. The fourth-order valence-corrected chi connectivity index (χ4v) is 7.61. The normalized spacial score (nSPS) is 13.1. The molecule has 0 rings (SSSR count). The number of allylic oxidation sites excluding steroid dienone is 22. The molecule has 72 heavy (non-hydrogen) atoms. The Balaban J connectivity index is 4.41. The van der Waals surface area contributed by atoms with Crippen molar-refractivity contribution in [2.24, 2.45) is 0 Å². The Hall–Kier alpha value is -4.45. The van der Waals surface area contributed by atoms with E-state index >= 15 is 0 Å². The standard InChI is InChI=1S/C66H106O6/c1-4-7-10-13-16-19-22-24-26-28-30-31-32-33-34-35-37-38-40-42-44-47-50-53-56-59-65(68)71-62-63(61-70-64(67)58-55-52-49-46-21-18-15-12-9-6-3)72-66(69)60-57-54-51-48-45-43-41-39-36-29-27-25-23-20-17-14-11-8-5-2/h7-8,10-11,16-17,19-20,24-27,30-31,33-34,36,39,43,45,51,54,63H,4-6,9,12-15,18,21-23,28-29,32,35,37-38,40-42,44,46-50,52-53,55-62H2,1-3H3/b10-7-,11-8-,19-16-,20-17-,26-24-,27-25-,31-30-,34-33-,39-36-,45-43-,54-51-. The summed E-state index contributed by atoms with van der Waals surface area (Å²) in [5.41, 5.74) is 0. The maximum atomic E-state index is 12.8. The van der Waals surface area contributed by atoms with Crippen LogP contribution in [-0.2, 0) is 28.6 Å². The van der Waals surface area contributed by atoms with Crippen LogP contribution in [0.15, 0.2) is 134 Å². The fourth-order valence-electron chi connectivity index (χ4n) is 7.61. The number of carbonyl (C=O) groups is 3. The summed E-state index contributed by atoms with van der Waals surface area (Å²) >= 11 is 0. The fraction of sp³-hybridized carbons (Fsp3) is 0.621. The Kier molecular flexibility index (Phi) is 55.5. The number of hydrogen-bond donors (Lipinski definition) is 0. The summed E-state index contributed by atoms with van der Waals surface area (Å²) in [6, 6.07) is 0. The minimum atomic E-state index is -0.824. The van der Waals surface area contributed by atoms with Gasteiger partial charge in [0.25, 0.3) is 0 Å². The third kappa shape index (κ3) is 56.5. The van der Waals surface area contributed by atoms with Crippen molar-refractivity contribution in [2.45, 2.75) is 252 Å². The summed E-state index contributed by atoms with van der Waals surface area (Å²) in [6.45, 7) is 6.33. The summed E-state index contributed by atoms with van der Waals surface area (Å²) in [5, 5.41) is 0. The van der Waals surface area contributed by atoms with Gasteiger partial charge in [-0.15, -0.1) is 0 Å². The summed E-state index contributed by atoms with van der Waals surface area (Å²) in [4.78, 5) is 38.1. The van der Waals surface area contributed by atoms with Gasteiger partial charge in [0.15, 0.2) is 6.10 Å². The smallest absolute Gasteiger partial charge is 0.306 e. The number of esters is 3. The van der Waals surface area contributed by atoms with E-state index in [1.807, 2.05) is 12.2 Å². The zero-order chi connectivity index (χ0) is 52.2. The summed E-state index contributed by atoms with van der Waals surface area (Å²) in [6.07, 6.45) is 83.2. The first kappa shape index (κ1) is 67.5. The summed E-state index contributed by atoms with van der Waals surface area (Å²) in [7, 11) is 0. The van der Waals surface area contributed by atoms with Crippen LogP contribution in [0, 0.1) is 0 Å². The molecule has 0 aromatic carbocycles. The van der Waals surface area contributed by atoms with Gasteiger partial charge in [-0.3, -0.25) is 14.4 Å². The second-order valence-corrected chi connectivity index (χ2v) is 18.8. The van der Waals surface area contributed by atoms with Gasteiger partial charge in [0.1, 0.15) is 13.2 Å². The van der Waals surface area contributed by atoms with E-state index in [9.17, 15) is 14.4 Å². The van der Waals surface area contributed by atoms with Gasteiger partial charge in [0.2, 0.25) is 0 Å². The van der Waals surface area contributed by atoms with Gasteiger partial charge in [-0.25, -0.2) is 0 Å². The molecule has 1 atom stereocenters. The third-order valence-electron chi connectivity index (χ3n) is 11.9. The maximum Gasteiger partial charge on any atom is 0.306 e. The molecule has 0 aliphatic heterocycles. The molecule has 0 fully saturated rings. The van der Waals surface area contributed by atoms with Crippen molar-refractivity contribution in [3.63, 3.8) is 0 Å². The van der Waals surface area contributed by atoms with E-state index in [0.717, 1.165) is 116 Å². The lowest BCUT2D eigenvalue weighted by atomic mass is 10.1. The molecule has 0 aliphatic rings. The Labute approximate surface area is 443 Å². The van der Waals surface area contributed by atoms with Crippen LogP contribution in [0.2, 0.25) is 0 Å². The molecule has 0 amide bonds. The average molecular weight is 996 g/mol. The van der Waals surface area contributed by atoms with Crippen molar-refractivity contribution in [3.8, 4) is 0 Å². The highest BCUT2D eigenvalue weighted by Crippen LogP contribution is 2.14. The molecule has 6 nitrogen and oxygen atoms in total. The highest BCUT2D eigenvalue weighted by atomic mass is 16.6. The van der Waals surface area contributed by atoms with Gasteiger partial charge in [-0.05, 0) is 103 Å². The van der Waals surface area contributed by atoms with Crippen molar-refractivity contribution >= 4 is 17.9 Å². The topological polar surface area (TPSA) is 78.9 Å². The highest BCUT2D eigenvalue weighted by molar-refractivity contribution is 5.71. The van der Waals surface area contributed by atoms with Crippen LogP contribution < -0.4 is 0 Å². The lowest BCUT2D eigenvalue weighted by molar-refractivity contribution is -0.166. The predicted molar refractivity (Wildman–Crippen MR) is 311 cm³/mol. The molecule has 0 N–H and O–H groups in total. The molecule has 6 heteroatoms. The van der Waals surface area contributed by atoms with E-state index in [2.05, 4.69) is 142 Å². The predicted octanol–water partition coefficient (Wildman–Crippen LogP) is 19.8. The molecule has 0 spiro atoms. The molecule has 0 aromatic rings. The van der Waals surface area contributed by atoms with Crippen LogP contribution in [0.4, 0.5) is 0 Å². The molecule has 0 bridgehead atoms. The van der Waals surface area contributed by atoms with Gasteiger partial charge in [0.05, 0.1) is 0 Å². The van der Waals surface area contributed by atoms with Crippen LogP contribution in [0.5, 0.6) is 0 Å². The first-order valence-corrected chi connectivity index (χ1v) is 29.2. The number of hydrogen-bond acceptors (Lipinski definition) is 6. The Morgan fingerprint density at radius 3 is 0.903 bits per heavy atom. The number of ether oxygens (including phenoxy) is 3. The lowest BCUT2D eigenvalue weighted by Gasteiger charge is -2.18. The number of unbranched alkanes of at least 4 members (excludes halogenated alkanes) is 18. The SMILES string of the molecule is CC/C=C\C/C=C\C/C=C\C/C=C\C/C=C\C/C=C\CCC(=O)OC(COC(=O)CCCCCCCCCCCC)COC(=O)CCCCCCCCCCC/C=C\C/C=C\C/C=C\C/C=C\C/C=C\CC. The van der Waals surface area contributed by atoms with Crippen molar-refractivity contribution in [2.75, 3.05) is 13.2 Å². The van der Waals surface area contributed by atoms with E-state index in [-0.39, 0.29) is 31.6 Å². The first-order chi connectivity index (χ1) is 35.5. The minimum Gasteiger partial charge on any atom is -0.462 e. The monoisotopic (exact) mass is 995 g/mol. The van der Waals surface area contributed by atoms with Crippen LogP contribution in [0.3, 0.4) is 0 Å². The zero-order valence-corrected chi connectivity index (χ0v) is 46.4. The van der Waals surface area contributed by atoms with Crippen LogP contribution in [0.25, 0.3) is 0 Å². The van der Waals surface area contributed by atoms with Gasteiger partial charge in [-0.1, -0.05) is 257 Å². The van der Waals surface area contributed by atoms with E-state index in [0.29, 0.717) is 19.3 Å². The maximum absolute atomic E-state index is 12.8. The van der Waals surface area contributed by atoms with E-state index in [4.69, 9.17) is 14.2 Å². The largest absolute Gasteiger partial charge is 0.462 e. The van der Waals surface area contributed by atoms with Crippen LogP contribution in [-0.4, -0.2) is 37.2 Å². The highest BCUT2D eigenvalue weighted by Gasteiger charge is 2.19. The summed E-state index contributed by atoms with van der Waals surface area (Å²) in [5.74, 6) is -1.01. The van der Waals surface area contributed by atoms with Gasteiger partial charge >= 0.3 is 17.9 Å². The van der Waals surface area contributed by atoms with Crippen molar-refractivity contribution in [1.82, 2.24) is 0 Å². The Bertz CT molecular complexity index is 1560. The van der Waals surface area contributed by atoms with Crippen LogP contribution >= 0.6 is 0 Å². The molecule has 0 aromatic heterocycles. The van der Waals surface area contributed by atoms with Crippen LogP contribution in [0.1, 0.15) is 245 Å². The quantitative estimate of drug-likeness (QED) is 0.0261. The molecule has 0 saturated carbocycles. The number of rotatable bonds is 51. The van der Waals surface area contributed by atoms with Crippen molar-refractivity contribution < 1.29 is 28.6 Å². The van der Waals surface area contributed by atoms with Crippen molar-refractivity contribution in [3.05, 3.63) is 134 Å². The van der Waals surface area contributed by atoms with Gasteiger partial charge in [0, 0.05) is 19.3 Å². The van der Waals surface area contributed by atoms with E-state index in [1.165, 1.54) is 83.5 Å². The Morgan fingerprint density at radius 1 is 0.292 bits per heavy atom. The molecular formula is C66H106O6. The lowest BCUT2D eigenvalue weighted by Crippen LogP contribution is -2.30. The van der Waals surface area contributed by atoms with E-state index in [1.54, 1.807) is 0 Å². The van der Waals surface area contributed by atoms with Gasteiger partial charge < -0.3 is 14.2 Å².